The number of allylic oxidation sites excluding steroid dienone is 1. The normalized spacial score (nSPS) is 26.2. The Labute approximate surface area is 63.0 Å². The number of carbonyl (C=O) groups is 1. The molecular weight excluding hydrogens is 158 g/mol. The Morgan fingerprint density at radius 3 is 2.89 bits per heavy atom. The van der Waals surface area contributed by atoms with Crippen LogP contribution in [0.15, 0.2) is 11.8 Å². The van der Waals surface area contributed by atoms with Crippen molar-refractivity contribution in [2.45, 2.75) is 4.71 Å². The monoisotopic (exact) mass is 163 g/mol. The molecule has 1 heterocycles. The molecule has 9 heavy (non-hydrogen) atoms. The lowest BCUT2D eigenvalue weighted by atomic mass is 10.4. The molecule has 1 aliphatic heterocycles. The number of likely N-dealkylation sites (N-methyl/N-ethyl adjacent to an activating group) is 1. The zero-order chi connectivity index (χ0) is 6.85. The molecule has 1 aliphatic rings. The molecule has 0 aromatic carbocycles. The molecule has 0 N–H and O–H groups in total. The highest BCUT2D eigenvalue weighted by molar-refractivity contribution is 7.99. The van der Waals surface area contributed by atoms with E-state index < -0.39 is 0 Å². The number of carbonyl (C=O) groups excluding carboxylic acids is 1. The van der Waals surface area contributed by atoms with Crippen molar-refractivity contribution in [3.8, 4) is 0 Å². The van der Waals surface area contributed by atoms with Crippen molar-refractivity contribution in [1.82, 2.24) is 4.31 Å². The average molecular weight is 164 g/mol. The Morgan fingerprint density at radius 2 is 2.67 bits per heavy atom. The van der Waals surface area contributed by atoms with E-state index in [1.54, 1.807) is 10.4 Å². The van der Waals surface area contributed by atoms with Crippen molar-refractivity contribution < 1.29 is 4.79 Å². The fraction of sp³-hybridized carbons (Fsp3) is 0.400. The molecule has 4 heteroatoms. The lowest BCUT2D eigenvalue weighted by molar-refractivity contribution is -0.105. The largest absolute Gasteiger partial charge is 0.315 e. The van der Waals surface area contributed by atoms with Gasteiger partial charge in [-0.2, -0.15) is 0 Å². The van der Waals surface area contributed by atoms with Gasteiger partial charge in [0.1, 0.15) is 4.71 Å². The molecule has 0 bridgehead atoms. The van der Waals surface area contributed by atoms with Gasteiger partial charge in [-0.25, -0.2) is 0 Å². The van der Waals surface area contributed by atoms with Crippen molar-refractivity contribution in [2.24, 2.45) is 0 Å². The molecule has 0 spiro atoms. The van der Waals surface area contributed by atoms with Gasteiger partial charge in [0.05, 0.1) is 5.70 Å². The highest BCUT2D eigenvalue weighted by Gasteiger charge is 2.17. The van der Waals surface area contributed by atoms with Gasteiger partial charge in [0.25, 0.3) is 0 Å². The van der Waals surface area contributed by atoms with Crippen molar-refractivity contribution in [1.29, 1.82) is 0 Å². The molecular formula is C5H6ClNOS. The van der Waals surface area contributed by atoms with E-state index in [-0.39, 0.29) is 4.71 Å². The summed E-state index contributed by atoms with van der Waals surface area (Å²) in [5.41, 5.74) is 0.653. The second kappa shape index (κ2) is 2.62. The van der Waals surface area contributed by atoms with Crippen molar-refractivity contribution in [3.05, 3.63) is 11.8 Å². The minimum atomic E-state index is -0.0739. The van der Waals surface area contributed by atoms with E-state index in [1.807, 2.05) is 7.05 Å². The minimum absolute atomic E-state index is 0.0739. The third-order valence-electron chi connectivity index (χ3n) is 1.04. The summed E-state index contributed by atoms with van der Waals surface area (Å²) in [5, 5.41) is 0. The number of alkyl halides is 1. The highest BCUT2D eigenvalue weighted by Crippen LogP contribution is 2.30. The smallest absolute Gasteiger partial charge is 0.166 e. The van der Waals surface area contributed by atoms with Gasteiger partial charge in [-0.15, -0.1) is 11.6 Å². The molecule has 1 unspecified atom stereocenters. The summed E-state index contributed by atoms with van der Waals surface area (Å²) < 4.78 is 1.68. The van der Waals surface area contributed by atoms with E-state index in [1.165, 1.54) is 11.9 Å². The molecule has 0 aromatic heterocycles. The summed E-state index contributed by atoms with van der Waals surface area (Å²) in [5.74, 6) is 0. The van der Waals surface area contributed by atoms with Crippen LogP contribution in [0.5, 0.6) is 0 Å². The van der Waals surface area contributed by atoms with E-state index in [0.717, 1.165) is 6.29 Å². The first-order valence-electron chi connectivity index (χ1n) is 2.45. The molecule has 0 aromatic rings. The molecule has 1 rings (SSSR count). The van der Waals surface area contributed by atoms with Gasteiger partial charge in [-0.1, -0.05) is 0 Å². The van der Waals surface area contributed by atoms with Crippen LogP contribution < -0.4 is 0 Å². The van der Waals surface area contributed by atoms with Gasteiger partial charge in [-0.3, -0.25) is 4.79 Å². The molecule has 2 nitrogen and oxygen atoms in total. The highest BCUT2D eigenvalue weighted by atomic mass is 35.5. The Morgan fingerprint density at radius 1 is 2.00 bits per heavy atom. The summed E-state index contributed by atoms with van der Waals surface area (Å²) in [4.78, 5) is 10.2. The van der Waals surface area contributed by atoms with Gasteiger partial charge in [0.15, 0.2) is 6.29 Å². The zero-order valence-corrected chi connectivity index (χ0v) is 6.45. The maximum Gasteiger partial charge on any atom is 0.166 e. The second-order valence-corrected chi connectivity index (χ2v) is 3.66. The third-order valence-corrected chi connectivity index (χ3v) is 2.27. The molecule has 0 saturated carbocycles. The lowest BCUT2D eigenvalue weighted by Gasteiger charge is -2.08. The first-order valence-corrected chi connectivity index (χ1v) is 3.73. The quantitative estimate of drug-likeness (QED) is 0.330. The summed E-state index contributed by atoms with van der Waals surface area (Å²) in [6, 6.07) is 0. The summed E-state index contributed by atoms with van der Waals surface area (Å²) in [7, 11) is 1.81. The van der Waals surface area contributed by atoms with E-state index in [2.05, 4.69) is 0 Å². The standard InChI is InChI=1S/C5H6ClNOS/c1-7-4(3-8)2-5(6)9-7/h2-3,5H,1H3. The van der Waals surface area contributed by atoms with Crippen LogP contribution >= 0.6 is 23.5 Å². The Hall–Kier alpha value is -0.150. The fourth-order valence-corrected chi connectivity index (χ4v) is 1.81. The average Bonchev–Trinajstić information content (AvgIpc) is 2.10. The summed E-state index contributed by atoms with van der Waals surface area (Å²) >= 11 is 7.09. The van der Waals surface area contributed by atoms with Crippen LogP contribution in [0.4, 0.5) is 0 Å². The summed E-state index contributed by atoms with van der Waals surface area (Å²) in [6.07, 6.45) is 2.52. The van der Waals surface area contributed by atoms with Crippen LogP contribution in [0.3, 0.4) is 0 Å². The van der Waals surface area contributed by atoms with Gasteiger partial charge < -0.3 is 4.31 Å². The van der Waals surface area contributed by atoms with Gasteiger partial charge in [0.2, 0.25) is 0 Å². The second-order valence-electron chi connectivity index (χ2n) is 1.66. The van der Waals surface area contributed by atoms with Gasteiger partial charge in [0, 0.05) is 7.05 Å². The van der Waals surface area contributed by atoms with E-state index in [0.29, 0.717) is 5.70 Å². The Bertz CT molecular complexity index is 159. The van der Waals surface area contributed by atoms with Crippen LogP contribution in [0.2, 0.25) is 0 Å². The molecule has 0 fully saturated rings. The predicted molar refractivity (Wildman–Crippen MR) is 39.1 cm³/mol. The number of rotatable bonds is 1. The maximum absolute atomic E-state index is 10.2. The third kappa shape index (κ3) is 1.40. The Balaban J connectivity index is 2.68. The minimum Gasteiger partial charge on any atom is -0.315 e. The number of hydrogen-bond donors (Lipinski definition) is 0. The molecule has 1 atom stereocenters. The SMILES string of the molecule is CN1SC(Cl)C=C1C=O. The number of hydrogen-bond acceptors (Lipinski definition) is 3. The van der Waals surface area contributed by atoms with Crippen molar-refractivity contribution in [3.63, 3.8) is 0 Å². The molecule has 0 aliphatic carbocycles. The summed E-state index contributed by atoms with van der Waals surface area (Å²) in [6.45, 7) is 0. The van der Waals surface area contributed by atoms with Crippen molar-refractivity contribution >= 4 is 29.8 Å². The van der Waals surface area contributed by atoms with Gasteiger partial charge >= 0.3 is 0 Å². The molecule has 0 saturated heterocycles. The zero-order valence-electron chi connectivity index (χ0n) is 4.87. The molecule has 0 radical (unpaired) electrons. The molecule has 50 valence electrons. The lowest BCUT2D eigenvalue weighted by Crippen LogP contribution is -2.04. The predicted octanol–water partition coefficient (Wildman–Crippen LogP) is 1.23. The number of aldehydes is 1. The number of nitrogens with zero attached hydrogens (tertiary/aromatic N) is 1. The molecule has 0 amide bonds. The number of halogens is 1. The van der Waals surface area contributed by atoms with Crippen LogP contribution in [-0.2, 0) is 4.79 Å². The van der Waals surface area contributed by atoms with E-state index in [4.69, 9.17) is 11.6 Å². The Kier molecular flexibility index (Phi) is 2.03. The van der Waals surface area contributed by atoms with Gasteiger partial charge in [-0.05, 0) is 18.0 Å². The first-order chi connectivity index (χ1) is 4.24. The van der Waals surface area contributed by atoms with Crippen LogP contribution in [-0.4, -0.2) is 22.3 Å². The van der Waals surface area contributed by atoms with E-state index >= 15 is 0 Å². The fourth-order valence-electron chi connectivity index (χ4n) is 0.595. The topological polar surface area (TPSA) is 20.3 Å². The van der Waals surface area contributed by atoms with Crippen molar-refractivity contribution in [2.75, 3.05) is 7.05 Å². The van der Waals surface area contributed by atoms with Crippen LogP contribution in [0, 0.1) is 0 Å². The first kappa shape index (κ1) is 6.96. The van der Waals surface area contributed by atoms with Crippen LogP contribution in [0.1, 0.15) is 0 Å². The maximum atomic E-state index is 10.2. The van der Waals surface area contributed by atoms with E-state index in [9.17, 15) is 4.79 Å². The van der Waals surface area contributed by atoms with Crippen LogP contribution in [0.25, 0.3) is 0 Å².